The maximum Gasteiger partial charge on any atom is 0.226 e. The van der Waals surface area contributed by atoms with Crippen LogP contribution in [-0.4, -0.2) is 42.2 Å². The van der Waals surface area contributed by atoms with Gasteiger partial charge in [0.1, 0.15) is 12.4 Å². The first-order chi connectivity index (χ1) is 16.0. The van der Waals surface area contributed by atoms with Gasteiger partial charge in [0.15, 0.2) is 0 Å². The largest absolute Gasteiger partial charge is 0.471 e. The lowest BCUT2D eigenvalue weighted by Crippen LogP contribution is -2.41. The van der Waals surface area contributed by atoms with Gasteiger partial charge in [-0.2, -0.15) is 0 Å². The molecule has 0 aliphatic carbocycles. The van der Waals surface area contributed by atoms with Gasteiger partial charge < -0.3 is 25.1 Å². The predicted molar refractivity (Wildman–Crippen MR) is 122 cm³/mol. The van der Waals surface area contributed by atoms with Crippen molar-refractivity contribution in [2.75, 3.05) is 31.7 Å². The molecule has 8 nitrogen and oxygen atoms in total. The molecule has 0 unspecified atom stereocenters. The number of pyridine rings is 1. The van der Waals surface area contributed by atoms with Crippen LogP contribution in [0.1, 0.15) is 31.0 Å². The van der Waals surface area contributed by atoms with Gasteiger partial charge in [0, 0.05) is 56.1 Å². The second-order valence-electron chi connectivity index (χ2n) is 8.32. The Kier molecular flexibility index (Phi) is 7.41. The van der Waals surface area contributed by atoms with E-state index in [0.29, 0.717) is 50.0 Å². The number of hydrogen-bond acceptors (Lipinski definition) is 7. The van der Waals surface area contributed by atoms with E-state index in [0.717, 1.165) is 29.8 Å². The molecule has 2 aliphatic rings. The summed E-state index contributed by atoms with van der Waals surface area (Å²) in [5.41, 5.74) is 6.74. The number of rotatable bonds is 7. The molecule has 3 heterocycles. The van der Waals surface area contributed by atoms with E-state index in [4.69, 9.17) is 15.3 Å². The average Bonchev–Trinajstić information content (AvgIpc) is 2.86. The lowest BCUT2D eigenvalue weighted by atomic mass is 9.96. The van der Waals surface area contributed by atoms with Gasteiger partial charge in [0.05, 0.1) is 11.4 Å². The molecule has 1 amide bonds. The molecule has 2 aromatic rings. The van der Waals surface area contributed by atoms with Crippen LogP contribution in [0.3, 0.4) is 0 Å². The maximum absolute atomic E-state index is 13.2. The molecule has 2 aliphatic heterocycles. The number of fused-ring (bicyclic) bond motifs is 1. The molecule has 9 heteroatoms. The highest BCUT2D eigenvalue weighted by Gasteiger charge is 2.29. The van der Waals surface area contributed by atoms with E-state index in [1.54, 1.807) is 12.1 Å². The van der Waals surface area contributed by atoms with E-state index in [9.17, 15) is 9.18 Å². The molecule has 1 saturated heterocycles. The molecule has 1 aromatic heterocycles. The molecule has 33 heavy (non-hydrogen) atoms. The Balaban J connectivity index is 1.38. The van der Waals surface area contributed by atoms with Crippen molar-refractivity contribution in [1.82, 2.24) is 15.3 Å². The Labute approximate surface area is 192 Å². The van der Waals surface area contributed by atoms with Crippen LogP contribution in [0.15, 0.2) is 47.8 Å². The van der Waals surface area contributed by atoms with Gasteiger partial charge in [0.25, 0.3) is 0 Å². The molecule has 0 radical (unpaired) electrons. The monoisotopic (exact) mass is 455 g/mol. The molecule has 0 spiro atoms. The summed E-state index contributed by atoms with van der Waals surface area (Å²) >= 11 is 0. The van der Waals surface area contributed by atoms with Crippen LogP contribution in [0.4, 0.5) is 10.1 Å². The molecule has 0 saturated carbocycles. The number of hydrazine groups is 1. The molecule has 1 aromatic carbocycles. The Morgan fingerprint density at radius 2 is 2.00 bits per heavy atom. The topological polar surface area (TPSA) is 102 Å². The quantitative estimate of drug-likeness (QED) is 0.436. The average molecular weight is 456 g/mol. The minimum atomic E-state index is -0.303. The summed E-state index contributed by atoms with van der Waals surface area (Å²) in [6.07, 6.45) is 2.29. The van der Waals surface area contributed by atoms with Crippen molar-refractivity contribution >= 4 is 11.6 Å². The Morgan fingerprint density at radius 1 is 1.24 bits per heavy atom. The molecular weight excluding hydrogens is 425 g/mol. The van der Waals surface area contributed by atoms with Gasteiger partial charge in [-0.3, -0.25) is 10.6 Å². The highest BCUT2D eigenvalue weighted by Crippen LogP contribution is 2.25. The number of allylic oxidation sites excluding steroid dienone is 1. The number of halogens is 1. The van der Waals surface area contributed by atoms with Crippen molar-refractivity contribution in [2.24, 2.45) is 11.8 Å². The highest BCUT2D eigenvalue weighted by molar-refractivity contribution is 5.79. The van der Waals surface area contributed by atoms with Crippen molar-refractivity contribution in [3.63, 3.8) is 0 Å². The number of aromatic nitrogens is 1. The zero-order valence-electron chi connectivity index (χ0n) is 18.8. The third-order valence-corrected chi connectivity index (χ3v) is 6.08. The van der Waals surface area contributed by atoms with Crippen molar-refractivity contribution < 1.29 is 18.7 Å². The van der Waals surface area contributed by atoms with Crippen molar-refractivity contribution in [2.45, 2.75) is 32.7 Å². The van der Waals surface area contributed by atoms with Gasteiger partial charge in [-0.15, -0.1) is 0 Å². The zero-order valence-corrected chi connectivity index (χ0v) is 18.8. The first kappa shape index (κ1) is 23.0. The third-order valence-electron chi connectivity index (χ3n) is 6.08. The molecule has 0 bridgehead atoms. The van der Waals surface area contributed by atoms with E-state index in [2.05, 4.69) is 15.7 Å². The summed E-state index contributed by atoms with van der Waals surface area (Å²) in [4.78, 5) is 19.4. The number of anilines is 1. The molecular formula is C24H30FN5O3. The minimum absolute atomic E-state index is 0.0640. The second kappa shape index (κ2) is 10.6. The van der Waals surface area contributed by atoms with Crippen molar-refractivity contribution in [3.05, 3.63) is 64.9 Å². The van der Waals surface area contributed by atoms with Crippen LogP contribution in [0.25, 0.3) is 0 Å². The molecule has 4 N–H and O–H groups in total. The van der Waals surface area contributed by atoms with Crippen molar-refractivity contribution in [3.8, 4) is 5.88 Å². The van der Waals surface area contributed by atoms with Crippen LogP contribution in [0.5, 0.6) is 5.88 Å². The van der Waals surface area contributed by atoms with Crippen LogP contribution in [-0.2, 0) is 22.5 Å². The van der Waals surface area contributed by atoms with E-state index >= 15 is 0 Å². The van der Waals surface area contributed by atoms with Crippen molar-refractivity contribution in [1.29, 1.82) is 0 Å². The first-order valence-electron chi connectivity index (χ1n) is 11.2. The fraction of sp³-hybridized carbons (Fsp3) is 0.417. The van der Waals surface area contributed by atoms with E-state index in [1.807, 2.05) is 24.0 Å². The molecule has 1 fully saturated rings. The number of nitrogens with two attached hydrogens (primary N) is 1. The smallest absolute Gasteiger partial charge is 0.226 e. The van der Waals surface area contributed by atoms with Gasteiger partial charge in [0.2, 0.25) is 11.8 Å². The van der Waals surface area contributed by atoms with Gasteiger partial charge in [-0.05, 0) is 49.6 Å². The van der Waals surface area contributed by atoms with E-state index < -0.39 is 0 Å². The number of hydrogen-bond donors (Lipinski definition) is 3. The first-order valence-corrected chi connectivity index (χ1v) is 11.2. The summed E-state index contributed by atoms with van der Waals surface area (Å²) in [6, 6.07) is 9.85. The van der Waals surface area contributed by atoms with E-state index in [1.165, 1.54) is 12.1 Å². The maximum atomic E-state index is 13.2. The summed E-state index contributed by atoms with van der Waals surface area (Å²) in [5.74, 6) is 6.06. The summed E-state index contributed by atoms with van der Waals surface area (Å²) in [7, 11) is 0. The van der Waals surface area contributed by atoms with Gasteiger partial charge in [-0.1, -0.05) is 6.07 Å². The summed E-state index contributed by atoms with van der Waals surface area (Å²) < 4.78 is 24.5. The fourth-order valence-corrected chi connectivity index (χ4v) is 4.05. The Morgan fingerprint density at radius 3 is 2.73 bits per heavy atom. The SMILES string of the molecule is C/C(NN)=C(\COc1ccc2c(n1)CCN(C(=O)C1CCOCC1)C2)Nc1ccc(F)cc1. The second-order valence-corrected chi connectivity index (χ2v) is 8.32. The number of carbonyl (C=O) groups is 1. The van der Waals surface area contributed by atoms with Gasteiger partial charge >= 0.3 is 0 Å². The Bertz CT molecular complexity index is 1010. The summed E-state index contributed by atoms with van der Waals surface area (Å²) in [5, 5.41) is 3.20. The highest BCUT2D eigenvalue weighted by atomic mass is 19.1. The lowest BCUT2D eigenvalue weighted by molar-refractivity contribution is -0.139. The van der Waals surface area contributed by atoms with Crippen LogP contribution < -0.4 is 21.3 Å². The number of benzene rings is 1. The molecule has 176 valence electrons. The van der Waals surface area contributed by atoms with Crippen LogP contribution in [0, 0.1) is 11.7 Å². The lowest BCUT2D eigenvalue weighted by Gasteiger charge is -2.32. The number of nitrogens with zero attached hydrogens (tertiary/aromatic N) is 2. The fourth-order valence-electron chi connectivity index (χ4n) is 4.05. The van der Waals surface area contributed by atoms with Gasteiger partial charge in [-0.25, -0.2) is 9.37 Å². The van der Waals surface area contributed by atoms with Crippen LogP contribution in [0.2, 0.25) is 0 Å². The number of ether oxygens (including phenoxy) is 2. The summed E-state index contributed by atoms with van der Waals surface area (Å²) in [6.45, 7) is 4.58. The normalized spacial score (nSPS) is 17.1. The zero-order chi connectivity index (χ0) is 23.2. The number of nitrogens with one attached hydrogen (secondary N) is 2. The molecule has 4 rings (SSSR count). The minimum Gasteiger partial charge on any atom is -0.471 e. The van der Waals surface area contributed by atoms with E-state index in [-0.39, 0.29) is 24.2 Å². The standard InChI is InChI=1S/C24H30FN5O3/c1-16(29-26)22(27-20-5-3-19(25)4-6-20)15-33-23-7-2-18-14-30(11-8-21(18)28-23)24(31)17-9-12-32-13-10-17/h2-7,17,27,29H,8-15,26H2,1H3/b22-16-. The number of amides is 1. The third kappa shape index (κ3) is 5.80. The predicted octanol–water partition coefficient (Wildman–Crippen LogP) is 2.72. The van der Waals surface area contributed by atoms with Crippen LogP contribution >= 0.6 is 0 Å². The Hall–Kier alpha value is -3.17. The number of carbonyl (C=O) groups excluding carboxylic acids is 1. The molecule has 0 atom stereocenters.